The zero-order valence-corrected chi connectivity index (χ0v) is 17.8. The fourth-order valence-corrected chi connectivity index (χ4v) is 3.51. The number of ketones is 1. The summed E-state index contributed by atoms with van der Waals surface area (Å²) < 4.78 is 5.01. The molecule has 154 valence electrons. The van der Waals surface area contributed by atoms with Crippen molar-refractivity contribution in [1.82, 2.24) is 0 Å². The monoisotopic (exact) mass is 421 g/mol. The van der Waals surface area contributed by atoms with E-state index in [1.165, 1.54) is 6.92 Å². The van der Waals surface area contributed by atoms with Crippen LogP contribution in [0.4, 0.5) is 11.4 Å². The molecule has 30 heavy (non-hydrogen) atoms. The number of carbonyl (C=O) groups excluding carboxylic acids is 2. The minimum atomic E-state index is -0.267. The van der Waals surface area contributed by atoms with Crippen molar-refractivity contribution in [1.29, 1.82) is 0 Å². The predicted octanol–water partition coefficient (Wildman–Crippen LogP) is 6.12. The van der Waals surface area contributed by atoms with E-state index < -0.39 is 0 Å². The molecule has 3 aromatic carbocycles. The molecule has 5 heteroatoms. The van der Waals surface area contributed by atoms with Gasteiger partial charge < -0.3 is 10.1 Å². The third-order valence-electron chi connectivity index (χ3n) is 4.80. The lowest BCUT2D eigenvalue weighted by Crippen LogP contribution is -2.05. The zero-order valence-electron chi connectivity index (χ0n) is 17.1. The maximum Gasteiger partial charge on any atom is 0.302 e. The van der Waals surface area contributed by atoms with Crippen molar-refractivity contribution in [2.75, 3.05) is 11.9 Å². The smallest absolute Gasteiger partial charge is 0.302 e. The number of esters is 1. The van der Waals surface area contributed by atoms with Gasteiger partial charge in [0.25, 0.3) is 0 Å². The van der Waals surface area contributed by atoms with Crippen molar-refractivity contribution >= 4 is 34.7 Å². The first kappa shape index (κ1) is 21.6. The molecule has 0 radical (unpaired) electrons. The highest BCUT2D eigenvalue weighted by molar-refractivity contribution is 6.35. The maximum atomic E-state index is 12.9. The van der Waals surface area contributed by atoms with Crippen LogP contribution in [0.2, 0.25) is 5.02 Å². The van der Waals surface area contributed by atoms with Crippen LogP contribution in [0.25, 0.3) is 0 Å². The first-order valence-corrected chi connectivity index (χ1v) is 10.2. The summed E-state index contributed by atoms with van der Waals surface area (Å²) in [4.78, 5) is 23.8. The van der Waals surface area contributed by atoms with Crippen LogP contribution in [0.15, 0.2) is 66.7 Å². The van der Waals surface area contributed by atoms with E-state index in [2.05, 4.69) is 5.32 Å². The fourth-order valence-electron chi connectivity index (χ4n) is 3.24. The van der Waals surface area contributed by atoms with Crippen LogP contribution in [0.1, 0.15) is 40.4 Å². The second kappa shape index (κ2) is 10.1. The molecule has 0 unspecified atom stereocenters. The van der Waals surface area contributed by atoms with E-state index in [4.69, 9.17) is 16.3 Å². The lowest BCUT2D eigenvalue weighted by molar-refractivity contribution is -0.141. The number of anilines is 2. The van der Waals surface area contributed by atoms with Gasteiger partial charge in [0.2, 0.25) is 0 Å². The van der Waals surface area contributed by atoms with Gasteiger partial charge in [-0.15, -0.1) is 0 Å². The molecule has 0 aromatic heterocycles. The Morgan fingerprint density at radius 3 is 2.43 bits per heavy atom. The Labute approximate surface area is 181 Å². The summed E-state index contributed by atoms with van der Waals surface area (Å²) >= 11 is 6.46. The molecule has 0 aliphatic rings. The van der Waals surface area contributed by atoms with Crippen LogP contribution in [0, 0.1) is 6.92 Å². The Kier molecular flexibility index (Phi) is 7.26. The fraction of sp³-hybridized carbons (Fsp3) is 0.200. The van der Waals surface area contributed by atoms with E-state index in [1.54, 1.807) is 12.1 Å². The first-order valence-electron chi connectivity index (χ1n) is 9.84. The molecule has 3 rings (SSSR count). The number of nitrogens with one attached hydrogen (secondary N) is 1. The molecule has 1 N–H and O–H groups in total. The summed E-state index contributed by atoms with van der Waals surface area (Å²) in [6.07, 6.45) is 1.51. The van der Waals surface area contributed by atoms with Crippen LogP contribution in [0.3, 0.4) is 0 Å². The van der Waals surface area contributed by atoms with Gasteiger partial charge in [0.1, 0.15) is 0 Å². The maximum absolute atomic E-state index is 12.9. The number of para-hydroxylation sites is 1. The van der Waals surface area contributed by atoms with E-state index in [0.29, 0.717) is 22.8 Å². The van der Waals surface area contributed by atoms with Gasteiger partial charge in [-0.25, -0.2) is 0 Å². The van der Waals surface area contributed by atoms with E-state index >= 15 is 0 Å². The van der Waals surface area contributed by atoms with Gasteiger partial charge in [-0.2, -0.15) is 0 Å². The topological polar surface area (TPSA) is 55.4 Å². The highest BCUT2D eigenvalue weighted by Gasteiger charge is 2.15. The lowest BCUT2D eigenvalue weighted by atomic mass is 9.99. The van der Waals surface area contributed by atoms with Crippen LogP contribution in [0.5, 0.6) is 0 Å². The summed E-state index contributed by atoms with van der Waals surface area (Å²) in [5, 5.41) is 3.78. The molecular weight excluding hydrogens is 398 g/mol. The van der Waals surface area contributed by atoms with Crippen molar-refractivity contribution in [2.24, 2.45) is 0 Å². The molecule has 0 atom stereocenters. The molecule has 0 spiro atoms. The molecule has 0 amide bonds. The lowest BCUT2D eigenvalue weighted by Gasteiger charge is -2.14. The number of hydrogen-bond donors (Lipinski definition) is 1. The van der Waals surface area contributed by atoms with Crippen LogP contribution < -0.4 is 5.32 Å². The van der Waals surface area contributed by atoms with Gasteiger partial charge in [0.15, 0.2) is 5.78 Å². The van der Waals surface area contributed by atoms with Gasteiger partial charge in [-0.05, 0) is 55.2 Å². The molecule has 3 aromatic rings. The van der Waals surface area contributed by atoms with Crippen molar-refractivity contribution in [2.45, 2.75) is 26.7 Å². The Hall–Kier alpha value is -3.11. The van der Waals surface area contributed by atoms with Gasteiger partial charge in [0, 0.05) is 29.4 Å². The average molecular weight is 422 g/mol. The molecule has 0 bridgehead atoms. The third kappa shape index (κ3) is 5.49. The number of ether oxygens (including phenoxy) is 1. The van der Waals surface area contributed by atoms with Crippen molar-refractivity contribution in [3.8, 4) is 0 Å². The molecule has 0 aliphatic heterocycles. The molecular formula is C25H24ClNO3. The van der Waals surface area contributed by atoms with Gasteiger partial charge in [0.05, 0.1) is 11.6 Å². The molecule has 0 aliphatic carbocycles. The van der Waals surface area contributed by atoms with Crippen LogP contribution >= 0.6 is 11.6 Å². The number of halogens is 1. The Morgan fingerprint density at radius 2 is 1.70 bits per heavy atom. The number of carbonyl (C=O) groups is 2. The highest BCUT2D eigenvalue weighted by Crippen LogP contribution is 2.28. The Bertz CT molecular complexity index is 1060. The van der Waals surface area contributed by atoms with Crippen LogP contribution in [-0.4, -0.2) is 18.4 Å². The van der Waals surface area contributed by atoms with Gasteiger partial charge in [-0.1, -0.05) is 54.1 Å². The first-order chi connectivity index (χ1) is 14.5. The van der Waals surface area contributed by atoms with E-state index in [9.17, 15) is 9.59 Å². The number of hydrogen-bond acceptors (Lipinski definition) is 4. The van der Waals surface area contributed by atoms with Crippen molar-refractivity contribution in [3.63, 3.8) is 0 Å². The van der Waals surface area contributed by atoms with E-state index in [1.807, 2.05) is 61.5 Å². The molecule has 0 heterocycles. The van der Waals surface area contributed by atoms with E-state index in [0.717, 1.165) is 35.3 Å². The van der Waals surface area contributed by atoms with Crippen molar-refractivity contribution in [3.05, 3.63) is 94.0 Å². The summed E-state index contributed by atoms with van der Waals surface area (Å²) in [6, 6.07) is 20.8. The number of rotatable bonds is 8. The largest absolute Gasteiger partial charge is 0.466 e. The Balaban J connectivity index is 1.74. The second-order valence-corrected chi connectivity index (χ2v) is 7.47. The highest BCUT2D eigenvalue weighted by atomic mass is 35.5. The van der Waals surface area contributed by atoms with Crippen LogP contribution in [-0.2, 0) is 16.0 Å². The zero-order chi connectivity index (χ0) is 21.5. The summed E-state index contributed by atoms with van der Waals surface area (Å²) in [5.41, 5.74) is 4.91. The quantitative estimate of drug-likeness (QED) is 0.270. The minimum absolute atomic E-state index is 0.0875. The standard InChI is InChI=1S/C25H24ClNO3/c1-17-8-3-5-11-21(17)25(29)22-14-13-20(16-23(22)26)27-24-12-6-4-9-19(24)10-7-15-30-18(2)28/h3-6,8-9,11-14,16,27H,7,10,15H2,1-2H3. The average Bonchev–Trinajstić information content (AvgIpc) is 2.72. The molecule has 0 saturated heterocycles. The normalized spacial score (nSPS) is 10.5. The van der Waals surface area contributed by atoms with Crippen molar-refractivity contribution < 1.29 is 14.3 Å². The van der Waals surface area contributed by atoms with Gasteiger partial charge >= 0.3 is 5.97 Å². The summed E-state index contributed by atoms with van der Waals surface area (Å²) in [7, 11) is 0. The van der Waals surface area contributed by atoms with E-state index in [-0.39, 0.29) is 11.8 Å². The number of benzene rings is 3. The summed E-state index contributed by atoms with van der Waals surface area (Å²) in [6.45, 7) is 3.72. The third-order valence-corrected chi connectivity index (χ3v) is 5.11. The summed E-state index contributed by atoms with van der Waals surface area (Å²) in [5.74, 6) is -0.355. The molecule has 0 saturated carbocycles. The predicted molar refractivity (Wildman–Crippen MR) is 121 cm³/mol. The second-order valence-electron chi connectivity index (χ2n) is 7.06. The Morgan fingerprint density at radius 1 is 0.967 bits per heavy atom. The molecule has 0 fully saturated rings. The van der Waals surface area contributed by atoms with Gasteiger partial charge in [-0.3, -0.25) is 9.59 Å². The number of aryl methyl sites for hydroxylation is 2. The SMILES string of the molecule is CC(=O)OCCCc1ccccc1Nc1ccc(C(=O)c2ccccc2C)c(Cl)c1. The minimum Gasteiger partial charge on any atom is -0.466 e. The molecule has 4 nitrogen and oxygen atoms in total.